The number of hydrogen-bond donors (Lipinski definition) is 1. The van der Waals surface area contributed by atoms with Gasteiger partial charge >= 0.3 is 0 Å². The van der Waals surface area contributed by atoms with Crippen LogP contribution in [-0.2, 0) is 0 Å². The van der Waals surface area contributed by atoms with Crippen LogP contribution in [0.5, 0.6) is 0 Å². The lowest BCUT2D eigenvalue weighted by Gasteiger charge is -2.35. The Labute approximate surface area is 128 Å². The molecule has 21 heavy (non-hydrogen) atoms. The van der Waals surface area contributed by atoms with Crippen molar-refractivity contribution < 1.29 is 9.52 Å². The molecule has 0 aromatic carbocycles. The lowest BCUT2D eigenvalue weighted by molar-refractivity contribution is 0.0538. The zero-order valence-electron chi connectivity index (χ0n) is 12.4. The Hall–Kier alpha value is -1.24. The SMILES string of the molecule is CC(O)C1CCN(C(C)c2nnc(-c3cccs3)o2)CC1. The van der Waals surface area contributed by atoms with Crippen molar-refractivity contribution >= 4 is 11.3 Å². The molecule has 6 heteroatoms. The molecule has 0 aliphatic carbocycles. The van der Waals surface area contributed by atoms with Crippen LogP contribution in [0, 0.1) is 5.92 Å². The van der Waals surface area contributed by atoms with Crippen LogP contribution in [0.1, 0.15) is 38.6 Å². The Morgan fingerprint density at radius 1 is 1.33 bits per heavy atom. The molecular formula is C15H21N3O2S. The molecule has 1 aliphatic heterocycles. The molecule has 0 saturated carbocycles. The minimum Gasteiger partial charge on any atom is -0.418 e. The summed E-state index contributed by atoms with van der Waals surface area (Å²) in [5.74, 6) is 1.69. The Bertz CT molecular complexity index is 559. The van der Waals surface area contributed by atoms with Gasteiger partial charge in [0.05, 0.1) is 17.0 Å². The first-order chi connectivity index (χ1) is 10.1. The van der Waals surface area contributed by atoms with E-state index in [-0.39, 0.29) is 12.1 Å². The first-order valence-corrected chi connectivity index (χ1v) is 8.32. The van der Waals surface area contributed by atoms with Gasteiger partial charge in [0.15, 0.2) is 0 Å². The number of aliphatic hydroxyl groups is 1. The summed E-state index contributed by atoms with van der Waals surface area (Å²) in [6.45, 7) is 5.92. The molecule has 0 spiro atoms. The zero-order chi connectivity index (χ0) is 14.8. The Kier molecular flexibility index (Phi) is 4.37. The van der Waals surface area contributed by atoms with Crippen LogP contribution in [-0.4, -0.2) is 39.4 Å². The quantitative estimate of drug-likeness (QED) is 0.941. The summed E-state index contributed by atoms with van der Waals surface area (Å²) in [6, 6.07) is 4.09. The minimum absolute atomic E-state index is 0.126. The fraction of sp³-hybridized carbons (Fsp3) is 0.600. The van der Waals surface area contributed by atoms with Gasteiger partial charge in [-0.2, -0.15) is 0 Å². The summed E-state index contributed by atoms with van der Waals surface area (Å²) in [7, 11) is 0. The molecule has 3 heterocycles. The average molecular weight is 307 g/mol. The Morgan fingerprint density at radius 3 is 2.71 bits per heavy atom. The summed E-state index contributed by atoms with van der Waals surface area (Å²) in [5.41, 5.74) is 0. The summed E-state index contributed by atoms with van der Waals surface area (Å²) < 4.78 is 5.81. The molecule has 2 aromatic heterocycles. The Balaban J connectivity index is 1.65. The third kappa shape index (κ3) is 3.17. The summed E-state index contributed by atoms with van der Waals surface area (Å²) >= 11 is 1.60. The molecule has 2 unspecified atom stereocenters. The van der Waals surface area contributed by atoms with Gasteiger partial charge in [0.25, 0.3) is 5.89 Å². The largest absolute Gasteiger partial charge is 0.418 e. The molecule has 2 aromatic rings. The predicted molar refractivity (Wildman–Crippen MR) is 82.0 cm³/mol. The predicted octanol–water partition coefficient (Wildman–Crippen LogP) is 2.95. The molecule has 3 rings (SSSR count). The van der Waals surface area contributed by atoms with Gasteiger partial charge in [-0.1, -0.05) is 6.07 Å². The van der Waals surface area contributed by atoms with Gasteiger partial charge in [-0.05, 0) is 57.1 Å². The van der Waals surface area contributed by atoms with E-state index in [9.17, 15) is 5.11 Å². The average Bonchev–Trinajstić information content (AvgIpc) is 3.17. The number of nitrogens with zero attached hydrogens (tertiary/aromatic N) is 3. The molecule has 1 aliphatic rings. The van der Waals surface area contributed by atoms with E-state index in [1.165, 1.54) is 0 Å². The van der Waals surface area contributed by atoms with E-state index in [2.05, 4.69) is 22.0 Å². The molecule has 0 radical (unpaired) electrons. The zero-order valence-corrected chi connectivity index (χ0v) is 13.2. The maximum Gasteiger partial charge on any atom is 0.257 e. The molecule has 0 amide bonds. The normalized spacial score (nSPS) is 20.5. The van der Waals surface area contributed by atoms with Crippen LogP contribution in [0.2, 0.25) is 0 Å². The van der Waals surface area contributed by atoms with Crippen molar-refractivity contribution in [3.8, 4) is 10.8 Å². The highest BCUT2D eigenvalue weighted by molar-refractivity contribution is 7.13. The number of hydrogen-bond acceptors (Lipinski definition) is 6. The van der Waals surface area contributed by atoms with Crippen LogP contribution in [0.25, 0.3) is 10.8 Å². The van der Waals surface area contributed by atoms with E-state index in [1.54, 1.807) is 11.3 Å². The van der Waals surface area contributed by atoms with Crippen molar-refractivity contribution in [2.45, 2.75) is 38.8 Å². The van der Waals surface area contributed by atoms with Crippen LogP contribution in [0.15, 0.2) is 21.9 Å². The second kappa shape index (κ2) is 6.25. The molecular weight excluding hydrogens is 286 g/mol. The number of rotatable bonds is 4. The van der Waals surface area contributed by atoms with Gasteiger partial charge in [0.1, 0.15) is 0 Å². The van der Waals surface area contributed by atoms with Crippen molar-refractivity contribution in [3.63, 3.8) is 0 Å². The third-order valence-corrected chi connectivity index (χ3v) is 5.19. The van der Waals surface area contributed by atoms with Crippen LogP contribution >= 0.6 is 11.3 Å². The van der Waals surface area contributed by atoms with Gasteiger partial charge in [0, 0.05) is 0 Å². The minimum atomic E-state index is -0.212. The van der Waals surface area contributed by atoms with Crippen molar-refractivity contribution in [3.05, 3.63) is 23.4 Å². The first kappa shape index (κ1) is 14.7. The monoisotopic (exact) mass is 307 g/mol. The van der Waals surface area contributed by atoms with Crippen LogP contribution in [0.3, 0.4) is 0 Å². The summed E-state index contributed by atoms with van der Waals surface area (Å²) in [4.78, 5) is 3.36. The number of piperidine rings is 1. The topological polar surface area (TPSA) is 62.4 Å². The molecule has 114 valence electrons. The lowest BCUT2D eigenvalue weighted by atomic mass is 9.91. The highest BCUT2D eigenvalue weighted by Crippen LogP contribution is 2.30. The van der Waals surface area contributed by atoms with E-state index < -0.39 is 0 Å². The van der Waals surface area contributed by atoms with Gasteiger partial charge in [0.2, 0.25) is 5.89 Å². The van der Waals surface area contributed by atoms with E-state index in [1.807, 2.05) is 24.4 Å². The summed E-state index contributed by atoms with van der Waals surface area (Å²) in [5, 5.41) is 20.0. The van der Waals surface area contributed by atoms with Gasteiger partial charge in [-0.15, -0.1) is 21.5 Å². The van der Waals surface area contributed by atoms with E-state index in [0.717, 1.165) is 30.8 Å². The molecule has 5 nitrogen and oxygen atoms in total. The maximum absolute atomic E-state index is 9.67. The van der Waals surface area contributed by atoms with Crippen molar-refractivity contribution in [1.82, 2.24) is 15.1 Å². The second-order valence-corrected chi connectivity index (χ2v) is 6.66. The second-order valence-electron chi connectivity index (χ2n) is 5.71. The standard InChI is InChI=1S/C15H21N3O2S/c1-10(18-7-5-12(6-8-18)11(2)19)14-16-17-15(20-14)13-4-3-9-21-13/h3-4,9-12,19H,5-8H2,1-2H3. The van der Waals surface area contributed by atoms with Crippen LogP contribution in [0.4, 0.5) is 0 Å². The van der Waals surface area contributed by atoms with E-state index in [4.69, 9.17) is 4.42 Å². The third-order valence-electron chi connectivity index (χ3n) is 4.33. The number of likely N-dealkylation sites (tertiary alicyclic amines) is 1. The lowest BCUT2D eigenvalue weighted by Crippen LogP contribution is -2.38. The molecule has 1 saturated heterocycles. The molecule has 0 bridgehead atoms. The molecule has 2 atom stereocenters. The van der Waals surface area contributed by atoms with Crippen molar-refractivity contribution in [1.29, 1.82) is 0 Å². The van der Waals surface area contributed by atoms with Crippen LogP contribution < -0.4 is 0 Å². The number of aliphatic hydroxyl groups excluding tert-OH is 1. The van der Waals surface area contributed by atoms with Gasteiger partial charge in [-0.25, -0.2) is 0 Å². The molecule has 1 N–H and O–H groups in total. The smallest absolute Gasteiger partial charge is 0.257 e. The maximum atomic E-state index is 9.67. The van der Waals surface area contributed by atoms with E-state index in [0.29, 0.717) is 17.7 Å². The highest BCUT2D eigenvalue weighted by Gasteiger charge is 2.28. The molecule has 1 fully saturated rings. The van der Waals surface area contributed by atoms with Crippen molar-refractivity contribution in [2.24, 2.45) is 5.92 Å². The number of aromatic nitrogens is 2. The highest BCUT2D eigenvalue weighted by atomic mass is 32.1. The first-order valence-electron chi connectivity index (χ1n) is 7.44. The fourth-order valence-electron chi connectivity index (χ4n) is 2.85. The Morgan fingerprint density at radius 2 is 2.10 bits per heavy atom. The van der Waals surface area contributed by atoms with Gasteiger partial charge < -0.3 is 9.52 Å². The van der Waals surface area contributed by atoms with Crippen molar-refractivity contribution in [2.75, 3.05) is 13.1 Å². The number of thiophene rings is 1. The van der Waals surface area contributed by atoms with Gasteiger partial charge in [-0.3, -0.25) is 4.90 Å². The fourth-order valence-corrected chi connectivity index (χ4v) is 3.49. The summed E-state index contributed by atoms with van der Waals surface area (Å²) in [6.07, 6.45) is 1.83. The van der Waals surface area contributed by atoms with E-state index >= 15 is 0 Å².